The van der Waals surface area contributed by atoms with Crippen LogP contribution in [0.5, 0.6) is 5.75 Å². The summed E-state index contributed by atoms with van der Waals surface area (Å²) in [7, 11) is 0. The number of thiophene rings is 1. The summed E-state index contributed by atoms with van der Waals surface area (Å²) < 4.78 is 41.6. The molecule has 0 unspecified atom stereocenters. The molecular formula is C19H16F3N3O3S. The summed E-state index contributed by atoms with van der Waals surface area (Å²) in [5.74, 6) is -0.962. The predicted octanol–water partition coefficient (Wildman–Crippen LogP) is 4.24. The number of anilines is 1. The number of amides is 1. The molecule has 6 nitrogen and oxygen atoms in total. The lowest BCUT2D eigenvalue weighted by atomic mass is 10.0. The molecule has 1 aromatic carbocycles. The van der Waals surface area contributed by atoms with Crippen LogP contribution in [0.25, 0.3) is 10.6 Å². The molecule has 0 aliphatic carbocycles. The third-order valence-electron chi connectivity index (χ3n) is 4.00. The number of carbonyl (C=O) groups excluding carboxylic acids is 1. The van der Waals surface area contributed by atoms with E-state index >= 15 is 0 Å². The van der Waals surface area contributed by atoms with Crippen molar-refractivity contribution >= 4 is 22.9 Å². The molecule has 0 radical (unpaired) electrons. The molecule has 1 N–H and O–H groups in total. The normalized spacial score (nSPS) is 11.9. The molecule has 2 aromatic heterocycles. The van der Waals surface area contributed by atoms with Crippen molar-refractivity contribution in [2.75, 3.05) is 5.32 Å². The van der Waals surface area contributed by atoms with Crippen molar-refractivity contribution in [3.63, 3.8) is 0 Å². The van der Waals surface area contributed by atoms with Crippen LogP contribution in [0.1, 0.15) is 13.8 Å². The van der Waals surface area contributed by atoms with Crippen LogP contribution in [-0.4, -0.2) is 22.1 Å². The predicted molar refractivity (Wildman–Crippen MR) is 103 cm³/mol. The number of nitrogens with one attached hydrogen (secondary N) is 1. The fourth-order valence-corrected chi connectivity index (χ4v) is 3.18. The number of aromatic nitrogens is 2. The van der Waals surface area contributed by atoms with Crippen LogP contribution in [0.3, 0.4) is 0 Å². The van der Waals surface area contributed by atoms with Crippen LogP contribution in [0.2, 0.25) is 0 Å². The van der Waals surface area contributed by atoms with Crippen LogP contribution < -0.4 is 15.6 Å². The van der Waals surface area contributed by atoms with E-state index in [1.165, 1.54) is 43.4 Å². The standard InChI is InChI=1S/C19H16F3N3O3S/c1-18(2,25-16(26)10-9-14(24-25)15-4-3-11-29-15)17(27)23-12-5-7-13(8-6-12)28-19(20,21)22/h3-11H,1-2H3,(H,23,27). The number of carbonyl (C=O) groups is 1. The van der Waals surface area contributed by atoms with E-state index in [9.17, 15) is 22.8 Å². The Morgan fingerprint density at radius 1 is 1.10 bits per heavy atom. The minimum atomic E-state index is -4.80. The molecule has 0 fully saturated rings. The lowest BCUT2D eigenvalue weighted by Gasteiger charge is -2.25. The molecule has 3 rings (SSSR count). The van der Waals surface area contributed by atoms with Crippen molar-refractivity contribution in [3.05, 3.63) is 64.3 Å². The monoisotopic (exact) mass is 423 g/mol. The average Bonchev–Trinajstić information content (AvgIpc) is 3.17. The van der Waals surface area contributed by atoms with Crippen LogP contribution in [-0.2, 0) is 10.3 Å². The molecule has 0 aliphatic rings. The van der Waals surface area contributed by atoms with E-state index in [-0.39, 0.29) is 5.69 Å². The van der Waals surface area contributed by atoms with Crippen molar-refractivity contribution in [1.29, 1.82) is 0 Å². The first-order valence-electron chi connectivity index (χ1n) is 8.38. The van der Waals surface area contributed by atoms with Crippen molar-refractivity contribution in [1.82, 2.24) is 9.78 Å². The van der Waals surface area contributed by atoms with Gasteiger partial charge in [0.1, 0.15) is 17.0 Å². The summed E-state index contributed by atoms with van der Waals surface area (Å²) in [5.41, 5.74) is -1.01. The molecule has 10 heteroatoms. The maximum Gasteiger partial charge on any atom is 0.573 e. The highest BCUT2D eigenvalue weighted by molar-refractivity contribution is 7.13. The Labute approximate surface area is 167 Å². The largest absolute Gasteiger partial charge is 0.573 e. The Morgan fingerprint density at radius 2 is 1.79 bits per heavy atom. The number of nitrogens with zero attached hydrogens (tertiary/aromatic N) is 2. The molecule has 29 heavy (non-hydrogen) atoms. The molecule has 0 saturated carbocycles. The van der Waals surface area contributed by atoms with Crippen molar-refractivity contribution in [2.45, 2.75) is 25.7 Å². The van der Waals surface area contributed by atoms with Gasteiger partial charge in [0, 0.05) is 11.8 Å². The van der Waals surface area contributed by atoms with Gasteiger partial charge in [-0.3, -0.25) is 9.59 Å². The number of hydrogen-bond donors (Lipinski definition) is 1. The molecule has 2 heterocycles. The zero-order valence-electron chi connectivity index (χ0n) is 15.4. The van der Waals surface area contributed by atoms with Crippen LogP contribution in [0.15, 0.2) is 58.7 Å². The molecule has 0 bridgehead atoms. The van der Waals surface area contributed by atoms with Crippen molar-refractivity contribution in [2.24, 2.45) is 0 Å². The average molecular weight is 423 g/mol. The van der Waals surface area contributed by atoms with Gasteiger partial charge in [0.05, 0.1) is 4.88 Å². The highest BCUT2D eigenvalue weighted by Gasteiger charge is 2.33. The van der Waals surface area contributed by atoms with Gasteiger partial charge in [-0.25, -0.2) is 4.68 Å². The van der Waals surface area contributed by atoms with Crippen LogP contribution in [0, 0.1) is 0 Å². The lowest BCUT2D eigenvalue weighted by Crippen LogP contribution is -2.47. The number of alkyl halides is 3. The third kappa shape index (κ3) is 4.83. The molecule has 1 amide bonds. The first-order chi connectivity index (χ1) is 13.6. The van der Waals surface area contributed by atoms with Crippen LogP contribution >= 0.6 is 11.3 Å². The SMILES string of the molecule is CC(C)(C(=O)Nc1ccc(OC(F)(F)F)cc1)n1nc(-c2cccs2)ccc1=O. The second-order valence-electron chi connectivity index (χ2n) is 6.53. The molecule has 152 valence electrons. The highest BCUT2D eigenvalue weighted by atomic mass is 32.1. The van der Waals surface area contributed by atoms with Gasteiger partial charge >= 0.3 is 6.36 Å². The van der Waals surface area contributed by atoms with E-state index in [1.807, 2.05) is 17.5 Å². The Balaban J connectivity index is 1.82. The minimum Gasteiger partial charge on any atom is -0.406 e. The van der Waals surface area contributed by atoms with E-state index in [0.29, 0.717) is 5.69 Å². The van der Waals surface area contributed by atoms with E-state index in [4.69, 9.17) is 0 Å². The molecule has 0 aliphatic heterocycles. The zero-order chi connectivity index (χ0) is 21.2. The second-order valence-corrected chi connectivity index (χ2v) is 7.48. The minimum absolute atomic E-state index is 0.250. The lowest BCUT2D eigenvalue weighted by molar-refractivity contribution is -0.274. The van der Waals surface area contributed by atoms with E-state index in [0.717, 1.165) is 21.7 Å². The summed E-state index contributed by atoms with van der Waals surface area (Å²) in [4.78, 5) is 25.9. The van der Waals surface area contributed by atoms with E-state index < -0.39 is 29.1 Å². The van der Waals surface area contributed by atoms with Gasteiger partial charge in [0.15, 0.2) is 0 Å². The fourth-order valence-electron chi connectivity index (χ4n) is 2.49. The number of hydrogen-bond acceptors (Lipinski definition) is 5. The van der Waals surface area contributed by atoms with Gasteiger partial charge in [0.2, 0.25) is 0 Å². The maximum atomic E-state index is 12.8. The van der Waals surface area contributed by atoms with Gasteiger partial charge in [0.25, 0.3) is 11.5 Å². The number of ether oxygens (including phenoxy) is 1. The first kappa shape index (κ1) is 20.6. The van der Waals surface area contributed by atoms with Crippen molar-refractivity contribution < 1.29 is 22.7 Å². The topological polar surface area (TPSA) is 73.2 Å². The number of halogens is 3. The van der Waals surface area contributed by atoms with Gasteiger partial charge in [-0.2, -0.15) is 5.10 Å². The van der Waals surface area contributed by atoms with E-state index in [2.05, 4.69) is 15.2 Å². The molecule has 3 aromatic rings. The highest BCUT2D eigenvalue weighted by Crippen LogP contribution is 2.25. The fraction of sp³-hybridized carbons (Fsp3) is 0.211. The zero-order valence-corrected chi connectivity index (χ0v) is 16.2. The van der Waals surface area contributed by atoms with Crippen LogP contribution in [0.4, 0.5) is 18.9 Å². The Kier molecular flexibility index (Phi) is 5.47. The van der Waals surface area contributed by atoms with E-state index in [1.54, 1.807) is 6.07 Å². The summed E-state index contributed by atoms with van der Waals surface area (Å²) in [6.07, 6.45) is -4.80. The third-order valence-corrected chi connectivity index (χ3v) is 4.90. The quantitative estimate of drug-likeness (QED) is 0.666. The van der Waals surface area contributed by atoms with Gasteiger partial charge in [-0.15, -0.1) is 24.5 Å². The summed E-state index contributed by atoms with van der Waals surface area (Å²) in [6.45, 7) is 3.05. The van der Waals surface area contributed by atoms with Crippen molar-refractivity contribution in [3.8, 4) is 16.3 Å². The number of rotatable bonds is 5. The summed E-state index contributed by atoms with van der Waals surface area (Å²) in [6, 6.07) is 11.3. The van der Waals surface area contributed by atoms with Gasteiger partial charge in [-0.1, -0.05) is 6.07 Å². The Hall–Kier alpha value is -3.14. The number of benzene rings is 1. The molecule has 0 saturated heterocycles. The summed E-state index contributed by atoms with van der Waals surface area (Å²) in [5, 5.41) is 8.76. The Bertz CT molecular complexity index is 1060. The summed E-state index contributed by atoms with van der Waals surface area (Å²) >= 11 is 1.45. The molecule has 0 atom stereocenters. The maximum absolute atomic E-state index is 12.8. The molecule has 0 spiro atoms. The second kappa shape index (κ2) is 7.70. The molecular weight excluding hydrogens is 407 g/mol. The van der Waals surface area contributed by atoms with Gasteiger partial charge in [-0.05, 0) is 55.6 Å². The Morgan fingerprint density at radius 3 is 2.38 bits per heavy atom. The smallest absolute Gasteiger partial charge is 0.406 e. The first-order valence-corrected chi connectivity index (χ1v) is 9.26. The van der Waals surface area contributed by atoms with Gasteiger partial charge < -0.3 is 10.1 Å².